The van der Waals surface area contributed by atoms with Crippen molar-refractivity contribution in [3.8, 4) is 5.75 Å². The molecule has 0 bridgehead atoms. The van der Waals surface area contributed by atoms with Crippen molar-refractivity contribution in [3.63, 3.8) is 0 Å². The average molecular weight is 243 g/mol. The van der Waals surface area contributed by atoms with Crippen LogP contribution < -0.4 is 0 Å². The van der Waals surface area contributed by atoms with Crippen LogP contribution in [-0.2, 0) is 6.42 Å². The van der Waals surface area contributed by atoms with Crippen LogP contribution in [0.1, 0.15) is 25.8 Å². The topological polar surface area (TPSA) is 20.2 Å². The van der Waals surface area contributed by atoms with E-state index in [2.05, 4.69) is 13.5 Å². The predicted molar refractivity (Wildman–Crippen MR) is 65.4 cm³/mol. The van der Waals surface area contributed by atoms with Gasteiger partial charge in [-0.15, -0.1) is 0 Å². The van der Waals surface area contributed by atoms with Crippen LogP contribution in [0.25, 0.3) is 0 Å². The van der Waals surface area contributed by atoms with Crippen LogP contribution in [0.4, 0.5) is 4.39 Å². The number of aromatic hydroxyl groups is 1. The maximum atomic E-state index is 13.1. The molecule has 1 rings (SSSR count). The molecule has 16 heavy (non-hydrogen) atoms. The van der Waals surface area contributed by atoms with Gasteiger partial charge in [0.05, 0.1) is 5.02 Å². The summed E-state index contributed by atoms with van der Waals surface area (Å²) in [5.74, 6) is -0.0841. The summed E-state index contributed by atoms with van der Waals surface area (Å²) >= 11 is 5.69. The van der Waals surface area contributed by atoms with Crippen LogP contribution in [0.2, 0.25) is 5.02 Å². The molecule has 1 N–H and O–H groups in total. The summed E-state index contributed by atoms with van der Waals surface area (Å²) < 4.78 is 13.1. The van der Waals surface area contributed by atoms with Gasteiger partial charge in [-0.3, -0.25) is 0 Å². The maximum Gasteiger partial charge on any atom is 0.137 e. The van der Waals surface area contributed by atoms with E-state index in [1.807, 2.05) is 6.92 Å². The number of aryl methyl sites for hydroxylation is 1. The highest BCUT2D eigenvalue weighted by Gasteiger charge is 2.10. The Kier molecular flexibility index (Phi) is 4.36. The molecule has 1 aromatic rings. The molecule has 1 aromatic carbocycles. The lowest BCUT2D eigenvalue weighted by Crippen LogP contribution is -1.99. The van der Waals surface area contributed by atoms with E-state index in [1.165, 1.54) is 6.07 Å². The van der Waals surface area contributed by atoms with Gasteiger partial charge in [0.15, 0.2) is 0 Å². The number of phenolic OH excluding ortho intramolecular Hbond substituents is 1. The minimum absolute atomic E-state index is 0.0167. The van der Waals surface area contributed by atoms with Crippen LogP contribution >= 0.6 is 11.6 Å². The van der Waals surface area contributed by atoms with Crippen molar-refractivity contribution in [3.05, 3.63) is 40.7 Å². The molecule has 0 aliphatic rings. The summed E-state index contributed by atoms with van der Waals surface area (Å²) in [5.41, 5.74) is 1.64. The Balaban J connectivity index is 2.78. The van der Waals surface area contributed by atoms with Gasteiger partial charge >= 0.3 is 0 Å². The molecule has 1 nitrogen and oxygen atoms in total. The van der Waals surface area contributed by atoms with Crippen molar-refractivity contribution < 1.29 is 9.50 Å². The van der Waals surface area contributed by atoms with Gasteiger partial charge in [-0.05, 0) is 43.4 Å². The predicted octanol–water partition coefficient (Wildman–Crippen LogP) is 4.33. The molecular formula is C13H16ClFO. The molecule has 88 valence electrons. The zero-order valence-electron chi connectivity index (χ0n) is 9.56. The fourth-order valence-corrected chi connectivity index (χ4v) is 1.65. The second-order valence-corrected chi connectivity index (χ2v) is 4.59. The van der Waals surface area contributed by atoms with E-state index in [0.29, 0.717) is 17.9 Å². The molecule has 0 radical (unpaired) electrons. The fourth-order valence-electron chi connectivity index (χ4n) is 1.43. The van der Waals surface area contributed by atoms with Crippen LogP contribution in [-0.4, -0.2) is 5.11 Å². The first-order chi connectivity index (χ1) is 7.41. The third-order valence-electron chi connectivity index (χ3n) is 2.80. The lowest BCUT2D eigenvalue weighted by molar-refractivity contribution is 0.462. The van der Waals surface area contributed by atoms with Crippen molar-refractivity contribution in [1.82, 2.24) is 0 Å². The Bertz CT molecular complexity index is 401. The second-order valence-electron chi connectivity index (χ2n) is 4.18. The van der Waals surface area contributed by atoms with Crippen LogP contribution in [0.5, 0.6) is 5.75 Å². The molecular weight excluding hydrogens is 227 g/mol. The van der Waals surface area contributed by atoms with Gasteiger partial charge < -0.3 is 5.11 Å². The highest BCUT2D eigenvalue weighted by Crippen LogP contribution is 2.30. The lowest BCUT2D eigenvalue weighted by atomic mass is 9.95. The highest BCUT2D eigenvalue weighted by atomic mass is 35.5. The van der Waals surface area contributed by atoms with Crippen molar-refractivity contribution in [2.45, 2.75) is 26.7 Å². The Labute approximate surface area is 101 Å². The molecule has 0 saturated heterocycles. The van der Waals surface area contributed by atoms with E-state index >= 15 is 0 Å². The molecule has 0 amide bonds. The Morgan fingerprint density at radius 3 is 2.75 bits per heavy atom. The average Bonchev–Trinajstić information content (AvgIpc) is 2.20. The van der Waals surface area contributed by atoms with E-state index in [9.17, 15) is 9.50 Å². The van der Waals surface area contributed by atoms with E-state index in [0.717, 1.165) is 18.1 Å². The van der Waals surface area contributed by atoms with E-state index in [4.69, 9.17) is 11.6 Å². The molecule has 0 saturated carbocycles. The van der Waals surface area contributed by atoms with E-state index < -0.39 is 5.82 Å². The highest BCUT2D eigenvalue weighted by molar-refractivity contribution is 6.32. The van der Waals surface area contributed by atoms with Gasteiger partial charge in [0.1, 0.15) is 11.6 Å². The quantitative estimate of drug-likeness (QED) is 0.780. The first-order valence-corrected chi connectivity index (χ1v) is 5.62. The van der Waals surface area contributed by atoms with Crippen LogP contribution in [0.15, 0.2) is 24.3 Å². The minimum atomic E-state index is -0.416. The summed E-state index contributed by atoms with van der Waals surface area (Å²) in [5, 5.41) is 9.72. The number of allylic oxidation sites excluding steroid dienone is 1. The first kappa shape index (κ1) is 13.0. The fraction of sp³-hybridized carbons (Fsp3) is 0.385. The Morgan fingerprint density at radius 1 is 1.56 bits per heavy atom. The molecule has 0 aromatic heterocycles. The molecule has 3 heteroatoms. The summed E-state index contributed by atoms with van der Waals surface area (Å²) in [7, 11) is 0. The molecule has 1 atom stereocenters. The smallest absolute Gasteiger partial charge is 0.137 e. The van der Waals surface area contributed by atoms with Crippen molar-refractivity contribution in [2.24, 2.45) is 5.92 Å². The molecule has 0 aliphatic carbocycles. The van der Waals surface area contributed by atoms with E-state index in [-0.39, 0.29) is 10.8 Å². The van der Waals surface area contributed by atoms with Crippen LogP contribution in [0.3, 0.4) is 0 Å². The Hall–Kier alpha value is -1.02. The number of halogens is 2. The molecule has 0 spiro atoms. The second kappa shape index (κ2) is 5.35. The maximum absolute atomic E-state index is 13.1. The minimum Gasteiger partial charge on any atom is -0.506 e. The third kappa shape index (κ3) is 3.24. The largest absolute Gasteiger partial charge is 0.506 e. The number of phenols is 1. The number of hydrogen-bond donors (Lipinski definition) is 1. The number of rotatable bonds is 4. The standard InChI is InChI=1S/C13H16ClFO/c1-8(2)9(3)4-5-10-6-11(15)7-12(14)13(10)16/h6-7,9,16H,1,4-5H2,2-3H3. The zero-order valence-corrected chi connectivity index (χ0v) is 10.3. The van der Waals surface area contributed by atoms with Gasteiger partial charge in [-0.25, -0.2) is 4.39 Å². The first-order valence-electron chi connectivity index (χ1n) is 5.24. The van der Waals surface area contributed by atoms with E-state index in [1.54, 1.807) is 0 Å². The third-order valence-corrected chi connectivity index (χ3v) is 3.08. The van der Waals surface area contributed by atoms with Crippen LogP contribution in [0, 0.1) is 11.7 Å². The van der Waals surface area contributed by atoms with Crippen molar-refractivity contribution in [2.75, 3.05) is 0 Å². The van der Waals surface area contributed by atoms with Gasteiger partial charge in [0.25, 0.3) is 0 Å². The van der Waals surface area contributed by atoms with Gasteiger partial charge in [-0.1, -0.05) is 30.7 Å². The summed E-state index contributed by atoms with van der Waals surface area (Å²) in [6.45, 7) is 7.88. The number of hydrogen-bond acceptors (Lipinski definition) is 1. The van der Waals surface area contributed by atoms with Gasteiger partial charge in [-0.2, -0.15) is 0 Å². The Morgan fingerprint density at radius 2 is 2.19 bits per heavy atom. The van der Waals surface area contributed by atoms with Crippen molar-refractivity contribution in [1.29, 1.82) is 0 Å². The van der Waals surface area contributed by atoms with Gasteiger partial charge in [0.2, 0.25) is 0 Å². The summed E-state index contributed by atoms with van der Waals surface area (Å²) in [4.78, 5) is 0. The summed E-state index contributed by atoms with van der Waals surface area (Å²) in [6, 6.07) is 2.44. The lowest BCUT2D eigenvalue weighted by Gasteiger charge is -2.12. The van der Waals surface area contributed by atoms with Gasteiger partial charge in [0, 0.05) is 0 Å². The molecule has 1 unspecified atom stereocenters. The monoisotopic (exact) mass is 242 g/mol. The molecule has 0 aliphatic heterocycles. The number of benzene rings is 1. The summed E-state index contributed by atoms with van der Waals surface area (Å²) in [6.07, 6.45) is 1.42. The van der Waals surface area contributed by atoms with Crippen molar-refractivity contribution >= 4 is 11.6 Å². The normalized spacial score (nSPS) is 12.5. The zero-order chi connectivity index (χ0) is 12.3. The molecule has 0 heterocycles. The molecule has 0 fully saturated rings. The SMILES string of the molecule is C=C(C)C(C)CCc1cc(F)cc(Cl)c1O.